The van der Waals surface area contributed by atoms with Gasteiger partial charge >= 0.3 is 5.97 Å². The number of likely N-dealkylation sites (N-methyl/N-ethyl adjacent to an activating group) is 1. The van der Waals surface area contributed by atoms with Gasteiger partial charge in [-0.25, -0.2) is 0 Å². The molecule has 3 heterocycles. The number of aliphatic hydroxyl groups excluding tert-OH is 1. The number of likely N-dealkylation sites (tertiary alicyclic amines) is 1. The van der Waals surface area contributed by atoms with Crippen LogP contribution in [0.5, 0.6) is 0 Å². The zero-order valence-electron chi connectivity index (χ0n) is 28.4. The lowest BCUT2D eigenvalue weighted by Crippen LogP contribution is -2.61. The molecule has 4 rings (SSSR count). The molecule has 1 aromatic carbocycles. The standard InChI is InChI=1S/C36H50BrN3O7/c1-9-12-18-26(42)38(8)22(4)29(23-16-14-13-15-17-23)46-34(45)27-28-32(43)40(24(11-3)21-41)31(36(28)20-25(37)30(27)47-36)33(44)39(19-10-2)35(5,6)7/h9-10,13-17,22,24-25,27-31,41H,1-2,11-12,18-21H2,3-8H3/t22-,24-,25?,27-,28+,29+,30-,31-,36+/m0/s1. The summed E-state index contributed by atoms with van der Waals surface area (Å²) >= 11 is 3.72. The molecular formula is C36H50BrN3O7. The summed E-state index contributed by atoms with van der Waals surface area (Å²) < 4.78 is 13.0. The Labute approximate surface area is 287 Å². The number of benzene rings is 1. The van der Waals surface area contributed by atoms with Crippen LogP contribution in [-0.2, 0) is 28.7 Å². The van der Waals surface area contributed by atoms with Crippen molar-refractivity contribution in [1.29, 1.82) is 0 Å². The van der Waals surface area contributed by atoms with Gasteiger partial charge in [0.1, 0.15) is 17.7 Å². The molecule has 0 aromatic heterocycles. The Kier molecular flexibility index (Phi) is 11.4. The van der Waals surface area contributed by atoms with Crippen LogP contribution in [0.4, 0.5) is 0 Å². The fourth-order valence-corrected chi connectivity index (χ4v) is 8.46. The van der Waals surface area contributed by atoms with Crippen LogP contribution in [0.15, 0.2) is 55.6 Å². The van der Waals surface area contributed by atoms with Crippen LogP contribution in [0.25, 0.3) is 0 Å². The average Bonchev–Trinajstić information content (AvgIpc) is 3.64. The van der Waals surface area contributed by atoms with Gasteiger partial charge in [-0.1, -0.05) is 65.3 Å². The number of hydrogen-bond acceptors (Lipinski definition) is 7. The van der Waals surface area contributed by atoms with E-state index in [0.29, 0.717) is 24.8 Å². The van der Waals surface area contributed by atoms with Crippen molar-refractivity contribution in [3.8, 4) is 0 Å². The minimum atomic E-state index is -1.31. The molecule has 11 heteroatoms. The maximum Gasteiger partial charge on any atom is 0.313 e. The molecule has 0 saturated carbocycles. The fraction of sp³-hybridized carbons (Fsp3) is 0.611. The first kappa shape index (κ1) is 36.8. The van der Waals surface area contributed by atoms with Crippen molar-refractivity contribution in [1.82, 2.24) is 14.7 Å². The Hall–Kier alpha value is -3.02. The third-order valence-electron chi connectivity index (χ3n) is 10.1. The number of hydrogen-bond donors (Lipinski definition) is 1. The SMILES string of the molecule is C=CCCC(=O)N(C)[C@@H](C)[C@@H](OC(=O)[C@@H]1[C@H]2O[C@@]3(CC2Br)[C@H](C(=O)N(CC=C)C(C)(C)C)N([C@@H](CC)CO)C(=O)[C@@H]13)c1ccccc1. The predicted octanol–water partition coefficient (Wildman–Crippen LogP) is 4.42. The number of aliphatic hydroxyl groups is 1. The van der Waals surface area contributed by atoms with Crippen molar-refractivity contribution in [2.45, 2.75) is 107 Å². The van der Waals surface area contributed by atoms with Crippen molar-refractivity contribution in [3.63, 3.8) is 0 Å². The second kappa shape index (κ2) is 14.6. The smallest absolute Gasteiger partial charge is 0.313 e. The molecule has 2 bridgehead atoms. The minimum Gasteiger partial charge on any atom is -0.455 e. The van der Waals surface area contributed by atoms with Crippen molar-refractivity contribution in [3.05, 3.63) is 61.2 Å². The normalized spacial score (nSPS) is 28.3. The van der Waals surface area contributed by atoms with E-state index in [1.54, 1.807) is 29.0 Å². The van der Waals surface area contributed by atoms with E-state index in [2.05, 4.69) is 29.1 Å². The molecule has 1 spiro atoms. The molecule has 0 radical (unpaired) electrons. The first-order chi connectivity index (χ1) is 22.2. The second-order valence-electron chi connectivity index (χ2n) is 13.9. The summed E-state index contributed by atoms with van der Waals surface area (Å²) in [5.41, 5.74) is -1.21. The molecule has 47 heavy (non-hydrogen) atoms. The van der Waals surface area contributed by atoms with E-state index in [9.17, 15) is 24.3 Å². The van der Waals surface area contributed by atoms with E-state index < -0.39 is 65.2 Å². The third kappa shape index (κ3) is 6.68. The molecule has 3 aliphatic heterocycles. The lowest BCUT2D eigenvalue weighted by Gasteiger charge is -2.43. The van der Waals surface area contributed by atoms with E-state index in [0.717, 1.165) is 0 Å². The van der Waals surface area contributed by atoms with Gasteiger partial charge in [0.2, 0.25) is 17.7 Å². The highest BCUT2D eigenvalue weighted by molar-refractivity contribution is 9.09. The Balaban J connectivity index is 1.76. The number of allylic oxidation sites excluding steroid dienone is 1. The van der Waals surface area contributed by atoms with E-state index >= 15 is 0 Å². The summed E-state index contributed by atoms with van der Waals surface area (Å²) in [5.74, 6) is -3.47. The number of alkyl halides is 1. The van der Waals surface area contributed by atoms with Gasteiger partial charge in [0.15, 0.2) is 0 Å². The molecule has 1 aromatic rings. The van der Waals surface area contributed by atoms with Crippen molar-refractivity contribution >= 4 is 39.6 Å². The number of amides is 3. The summed E-state index contributed by atoms with van der Waals surface area (Å²) in [5, 5.41) is 10.4. The summed E-state index contributed by atoms with van der Waals surface area (Å²) in [7, 11) is 1.68. The number of rotatable bonds is 14. The zero-order chi connectivity index (χ0) is 34.8. The number of carbonyl (C=O) groups excluding carboxylic acids is 4. The lowest BCUT2D eigenvalue weighted by atomic mass is 9.70. The summed E-state index contributed by atoms with van der Waals surface area (Å²) in [6.45, 7) is 16.9. The Morgan fingerprint density at radius 1 is 1.21 bits per heavy atom. The van der Waals surface area contributed by atoms with Crippen LogP contribution in [-0.4, -0.2) is 104 Å². The lowest BCUT2D eigenvalue weighted by molar-refractivity contribution is -0.165. The Bertz CT molecular complexity index is 1350. The van der Waals surface area contributed by atoms with E-state index in [4.69, 9.17) is 9.47 Å². The fourth-order valence-electron chi connectivity index (χ4n) is 7.52. The Morgan fingerprint density at radius 2 is 1.87 bits per heavy atom. The number of esters is 1. The number of halogens is 1. The van der Waals surface area contributed by atoms with Gasteiger partial charge < -0.3 is 29.3 Å². The summed E-state index contributed by atoms with van der Waals surface area (Å²) in [6, 6.07) is 6.97. The number of carbonyl (C=O) groups is 4. The minimum absolute atomic E-state index is 0.113. The molecule has 3 saturated heterocycles. The highest BCUT2D eigenvalue weighted by atomic mass is 79.9. The quantitative estimate of drug-likeness (QED) is 0.172. The van der Waals surface area contributed by atoms with Gasteiger partial charge in [0.25, 0.3) is 0 Å². The highest BCUT2D eigenvalue weighted by Crippen LogP contribution is 2.61. The largest absolute Gasteiger partial charge is 0.455 e. The van der Waals surface area contributed by atoms with Crippen LogP contribution in [0, 0.1) is 11.8 Å². The van der Waals surface area contributed by atoms with Gasteiger partial charge in [0.05, 0.1) is 36.6 Å². The molecule has 1 unspecified atom stereocenters. The maximum atomic E-state index is 14.6. The van der Waals surface area contributed by atoms with Gasteiger partial charge in [-0.3, -0.25) is 19.2 Å². The molecule has 3 fully saturated rings. The molecule has 9 atom stereocenters. The molecular weight excluding hydrogens is 666 g/mol. The van der Waals surface area contributed by atoms with Gasteiger partial charge in [-0.05, 0) is 52.5 Å². The van der Waals surface area contributed by atoms with Crippen LogP contribution in [0.2, 0.25) is 0 Å². The summed E-state index contributed by atoms with van der Waals surface area (Å²) in [6.07, 6.45) is 3.31. The Morgan fingerprint density at radius 3 is 2.43 bits per heavy atom. The topological polar surface area (TPSA) is 117 Å². The molecule has 0 aliphatic carbocycles. The van der Waals surface area contributed by atoms with Crippen LogP contribution < -0.4 is 0 Å². The van der Waals surface area contributed by atoms with Crippen molar-refractivity contribution in [2.24, 2.45) is 11.8 Å². The number of fused-ring (bicyclic) bond motifs is 1. The maximum absolute atomic E-state index is 14.6. The van der Waals surface area contributed by atoms with E-state index in [1.165, 1.54) is 4.90 Å². The van der Waals surface area contributed by atoms with E-state index in [1.807, 2.05) is 65.0 Å². The van der Waals surface area contributed by atoms with Crippen LogP contribution in [0.1, 0.15) is 72.0 Å². The number of ether oxygens (including phenoxy) is 2. The van der Waals surface area contributed by atoms with Crippen LogP contribution >= 0.6 is 15.9 Å². The summed E-state index contributed by atoms with van der Waals surface area (Å²) in [4.78, 5) is 61.0. The van der Waals surface area contributed by atoms with Crippen molar-refractivity contribution < 1.29 is 33.8 Å². The second-order valence-corrected chi connectivity index (χ2v) is 15.1. The molecule has 258 valence electrons. The zero-order valence-corrected chi connectivity index (χ0v) is 30.0. The number of nitrogens with zero attached hydrogens (tertiary/aromatic N) is 3. The van der Waals surface area contributed by atoms with Gasteiger partial charge in [0, 0.05) is 30.4 Å². The van der Waals surface area contributed by atoms with E-state index in [-0.39, 0.29) is 36.2 Å². The van der Waals surface area contributed by atoms with Crippen LogP contribution in [0.3, 0.4) is 0 Å². The first-order valence-corrected chi connectivity index (χ1v) is 17.4. The monoisotopic (exact) mass is 715 g/mol. The third-order valence-corrected chi connectivity index (χ3v) is 10.9. The average molecular weight is 717 g/mol. The highest BCUT2D eigenvalue weighted by Gasteiger charge is 2.77. The van der Waals surface area contributed by atoms with Gasteiger partial charge in [-0.15, -0.1) is 13.2 Å². The van der Waals surface area contributed by atoms with Crippen molar-refractivity contribution in [2.75, 3.05) is 20.2 Å². The molecule has 3 amide bonds. The first-order valence-electron chi connectivity index (χ1n) is 16.5. The molecule has 1 N–H and O–H groups in total. The molecule has 3 aliphatic rings. The molecule has 10 nitrogen and oxygen atoms in total. The van der Waals surface area contributed by atoms with Gasteiger partial charge in [-0.2, -0.15) is 0 Å². The predicted molar refractivity (Wildman–Crippen MR) is 182 cm³/mol.